The highest BCUT2D eigenvalue weighted by Crippen LogP contribution is 2.17. The first kappa shape index (κ1) is 15.4. The molecule has 0 aliphatic carbocycles. The number of hydrogen-bond acceptors (Lipinski definition) is 2. The minimum absolute atomic E-state index is 0.0521. The second-order valence-electron chi connectivity index (χ2n) is 4.29. The first-order chi connectivity index (χ1) is 10.0. The van der Waals surface area contributed by atoms with E-state index in [-0.39, 0.29) is 23.2 Å². The van der Waals surface area contributed by atoms with Gasteiger partial charge in [-0.25, -0.2) is 13.2 Å². The third kappa shape index (κ3) is 4.82. The fourth-order valence-electron chi connectivity index (χ4n) is 1.62. The van der Waals surface area contributed by atoms with Gasteiger partial charge in [0.1, 0.15) is 17.5 Å². The summed E-state index contributed by atoms with van der Waals surface area (Å²) in [6, 6.07) is 8.94. The van der Waals surface area contributed by atoms with Crippen molar-refractivity contribution in [2.45, 2.75) is 5.75 Å². The van der Waals surface area contributed by atoms with E-state index in [0.29, 0.717) is 11.8 Å². The van der Waals surface area contributed by atoms with Gasteiger partial charge in [-0.15, -0.1) is 11.8 Å². The van der Waals surface area contributed by atoms with E-state index in [0.717, 1.165) is 11.6 Å². The zero-order chi connectivity index (χ0) is 15.2. The quantitative estimate of drug-likeness (QED) is 0.905. The Hall–Kier alpha value is -1.95. The van der Waals surface area contributed by atoms with Crippen molar-refractivity contribution in [1.29, 1.82) is 0 Å². The molecule has 0 saturated heterocycles. The summed E-state index contributed by atoms with van der Waals surface area (Å²) in [7, 11) is 0. The van der Waals surface area contributed by atoms with Gasteiger partial charge in [0.05, 0.1) is 11.4 Å². The first-order valence-corrected chi connectivity index (χ1v) is 7.27. The van der Waals surface area contributed by atoms with Crippen LogP contribution in [0.5, 0.6) is 0 Å². The average Bonchev–Trinajstić information content (AvgIpc) is 2.44. The lowest BCUT2D eigenvalue weighted by Crippen LogP contribution is -2.15. The van der Waals surface area contributed by atoms with E-state index < -0.39 is 11.6 Å². The summed E-state index contributed by atoms with van der Waals surface area (Å²) in [5.74, 6) is -1.54. The molecule has 1 amide bonds. The largest absolute Gasteiger partial charge is 0.323 e. The van der Waals surface area contributed by atoms with Crippen LogP contribution in [0.4, 0.5) is 18.9 Å². The van der Waals surface area contributed by atoms with Crippen LogP contribution in [-0.4, -0.2) is 11.7 Å². The lowest BCUT2D eigenvalue weighted by atomic mass is 10.2. The minimum atomic E-state index is -0.813. The van der Waals surface area contributed by atoms with E-state index in [9.17, 15) is 18.0 Å². The Morgan fingerprint density at radius 3 is 2.33 bits per heavy atom. The van der Waals surface area contributed by atoms with Crippen molar-refractivity contribution >= 4 is 23.4 Å². The second kappa shape index (κ2) is 7.17. The maximum absolute atomic E-state index is 13.3. The summed E-state index contributed by atoms with van der Waals surface area (Å²) >= 11 is 1.32. The van der Waals surface area contributed by atoms with Gasteiger partial charge in [0, 0.05) is 11.8 Å². The van der Waals surface area contributed by atoms with Crippen LogP contribution < -0.4 is 5.32 Å². The first-order valence-electron chi connectivity index (χ1n) is 6.11. The van der Waals surface area contributed by atoms with Crippen molar-refractivity contribution < 1.29 is 18.0 Å². The minimum Gasteiger partial charge on any atom is -0.323 e. The lowest BCUT2D eigenvalue weighted by Gasteiger charge is -2.06. The summed E-state index contributed by atoms with van der Waals surface area (Å²) < 4.78 is 38.8. The van der Waals surface area contributed by atoms with Crippen LogP contribution in [0, 0.1) is 17.5 Å². The predicted molar refractivity (Wildman–Crippen MR) is 77.5 cm³/mol. The molecule has 0 aliphatic heterocycles. The number of hydrogen-bond donors (Lipinski definition) is 1. The van der Waals surface area contributed by atoms with Crippen LogP contribution in [0.1, 0.15) is 5.56 Å². The molecular formula is C15H12F3NOS. The number of benzene rings is 2. The van der Waals surface area contributed by atoms with Crippen LogP contribution >= 0.6 is 11.8 Å². The van der Waals surface area contributed by atoms with E-state index in [4.69, 9.17) is 0 Å². The maximum Gasteiger partial charge on any atom is 0.234 e. The summed E-state index contributed by atoms with van der Waals surface area (Å²) in [6.07, 6.45) is 0. The van der Waals surface area contributed by atoms with E-state index in [1.54, 1.807) is 12.1 Å². The number of carbonyl (C=O) groups is 1. The van der Waals surface area contributed by atoms with Gasteiger partial charge in [0.2, 0.25) is 5.91 Å². The molecule has 2 rings (SSSR count). The predicted octanol–water partition coefficient (Wildman–Crippen LogP) is 3.98. The van der Waals surface area contributed by atoms with Gasteiger partial charge in [-0.3, -0.25) is 4.79 Å². The van der Waals surface area contributed by atoms with Crippen molar-refractivity contribution in [2.24, 2.45) is 0 Å². The molecule has 0 atom stereocenters. The Kier molecular flexibility index (Phi) is 5.27. The highest BCUT2D eigenvalue weighted by atomic mass is 32.2. The molecule has 0 aliphatic rings. The number of rotatable bonds is 5. The molecule has 110 valence electrons. The third-order valence-electron chi connectivity index (χ3n) is 2.62. The Bertz CT molecular complexity index is 631. The molecule has 2 nitrogen and oxygen atoms in total. The standard InChI is InChI=1S/C15H12F3NOS/c16-11-3-1-10(2-4-11)8-21-9-15(20)19-14-6-5-12(17)7-13(14)18/h1-7H,8-9H2,(H,19,20). The molecule has 0 aromatic heterocycles. The topological polar surface area (TPSA) is 29.1 Å². The molecule has 0 fully saturated rings. The van der Waals surface area contributed by atoms with Crippen LogP contribution in [0.2, 0.25) is 0 Å². The zero-order valence-electron chi connectivity index (χ0n) is 10.9. The molecule has 0 radical (unpaired) electrons. The van der Waals surface area contributed by atoms with Gasteiger partial charge in [0.25, 0.3) is 0 Å². The van der Waals surface area contributed by atoms with Crippen molar-refractivity contribution in [3.8, 4) is 0 Å². The van der Waals surface area contributed by atoms with Crippen molar-refractivity contribution in [3.63, 3.8) is 0 Å². The lowest BCUT2D eigenvalue weighted by molar-refractivity contribution is -0.113. The number of thioether (sulfide) groups is 1. The normalized spacial score (nSPS) is 10.4. The van der Waals surface area contributed by atoms with Gasteiger partial charge < -0.3 is 5.32 Å². The Labute approximate surface area is 124 Å². The fraction of sp³-hybridized carbons (Fsp3) is 0.133. The van der Waals surface area contributed by atoms with Gasteiger partial charge in [0.15, 0.2) is 0 Å². The molecule has 0 heterocycles. The Morgan fingerprint density at radius 1 is 1.00 bits per heavy atom. The smallest absolute Gasteiger partial charge is 0.234 e. The fourth-order valence-corrected chi connectivity index (χ4v) is 2.41. The summed E-state index contributed by atoms with van der Waals surface area (Å²) in [6.45, 7) is 0. The molecule has 0 bridgehead atoms. The van der Waals surface area contributed by atoms with Crippen molar-refractivity contribution in [1.82, 2.24) is 0 Å². The Morgan fingerprint density at radius 2 is 1.67 bits per heavy atom. The Balaban J connectivity index is 1.81. The zero-order valence-corrected chi connectivity index (χ0v) is 11.7. The second-order valence-corrected chi connectivity index (χ2v) is 5.28. The molecule has 6 heteroatoms. The van der Waals surface area contributed by atoms with Gasteiger partial charge in [-0.05, 0) is 29.8 Å². The van der Waals surface area contributed by atoms with E-state index >= 15 is 0 Å². The van der Waals surface area contributed by atoms with Gasteiger partial charge in [-0.2, -0.15) is 0 Å². The van der Waals surface area contributed by atoms with E-state index in [1.165, 1.54) is 30.0 Å². The SMILES string of the molecule is O=C(CSCc1ccc(F)cc1)Nc1ccc(F)cc1F. The number of halogens is 3. The summed E-state index contributed by atoms with van der Waals surface area (Å²) in [5.41, 5.74) is 0.839. The van der Waals surface area contributed by atoms with E-state index in [1.807, 2.05) is 0 Å². The highest BCUT2D eigenvalue weighted by molar-refractivity contribution is 7.99. The van der Waals surface area contributed by atoms with Gasteiger partial charge in [-0.1, -0.05) is 12.1 Å². The van der Waals surface area contributed by atoms with Crippen LogP contribution in [0.3, 0.4) is 0 Å². The molecule has 0 saturated carbocycles. The number of amides is 1. The average molecular weight is 311 g/mol. The third-order valence-corrected chi connectivity index (χ3v) is 3.62. The van der Waals surface area contributed by atoms with Crippen LogP contribution in [0.25, 0.3) is 0 Å². The molecule has 2 aromatic carbocycles. The van der Waals surface area contributed by atoms with Crippen LogP contribution in [-0.2, 0) is 10.5 Å². The van der Waals surface area contributed by atoms with Crippen LogP contribution in [0.15, 0.2) is 42.5 Å². The maximum atomic E-state index is 13.3. The number of anilines is 1. The summed E-state index contributed by atoms with van der Waals surface area (Å²) in [4.78, 5) is 11.6. The molecule has 2 aromatic rings. The van der Waals surface area contributed by atoms with E-state index in [2.05, 4.69) is 5.32 Å². The summed E-state index contributed by atoms with van der Waals surface area (Å²) in [5, 5.41) is 2.37. The monoisotopic (exact) mass is 311 g/mol. The van der Waals surface area contributed by atoms with Crippen molar-refractivity contribution in [2.75, 3.05) is 11.1 Å². The number of carbonyl (C=O) groups excluding carboxylic acids is 1. The highest BCUT2D eigenvalue weighted by Gasteiger charge is 2.08. The molecule has 21 heavy (non-hydrogen) atoms. The molecular weight excluding hydrogens is 299 g/mol. The molecule has 0 spiro atoms. The molecule has 0 unspecified atom stereocenters. The molecule has 1 N–H and O–H groups in total. The van der Waals surface area contributed by atoms with Crippen molar-refractivity contribution in [3.05, 3.63) is 65.5 Å². The number of nitrogens with one attached hydrogen (secondary N) is 1. The van der Waals surface area contributed by atoms with Gasteiger partial charge >= 0.3 is 0 Å².